The number of carbonyl (C=O) groups is 1. The first-order valence-corrected chi connectivity index (χ1v) is 9.58. The van der Waals surface area contributed by atoms with Crippen molar-refractivity contribution >= 4 is 23.4 Å². The third-order valence-corrected chi connectivity index (χ3v) is 4.74. The van der Waals surface area contributed by atoms with E-state index in [1.807, 2.05) is 6.92 Å². The van der Waals surface area contributed by atoms with E-state index in [-0.39, 0.29) is 29.5 Å². The molecule has 2 heterocycles. The SMILES string of the molecule is CCCNC(=O)CN1CCC(Nc2ncc([N+](=O)[O-])c(NC3CC3)n2)CC1. The molecule has 0 aromatic carbocycles. The van der Waals surface area contributed by atoms with E-state index in [9.17, 15) is 14.9 Å². The standard InChI is InChI=1S/C17H27N7O3/c1-2-7-18-15(25)11-23-8-5-13(6-9-23)21-17-19-10-14(24(26)27)16(22-17)20-12-3-4-12/h10,12-13H,2-9,11H2,1H3,(H,18,25)(H2,19,20,21,22). The third kappa shape index (κ3) is 5.75. The highest BCUT2D eigenvalue weighted by molar-refractivity contribution is 5.77. The largest absolute Gasteiger partial charge is 0.361 e. The lowest BCUT2D eigenvalue weighted by Gasteiger charge is -2.31. The molecular weight excluding hydrogens is 350 g/mol. The average Bonchev–Trinajstić information content (AvgIpc) is 3.45. The maximum Gasteiger partial charge on any atom is 0.329 e. The van der Waals surface area contributed by atoms with Crippen molar-refractivity contribution in [2.45, 2.75) is 51.1 Å². The van der Waals surface area contributed by atoms with Crippen LogP contribution in [0.5, 0.6) is 0 Å². The van der Waals surface area contributed by atoms with Crippen LogP contribution in [0.2, 0.25) is 0 Å². The van der Waals surface area contributed by atoms with Crippen LogP contribution >= 0.6 is 0 Å². The Kier molecular flexibility index (Phi) is 6.38. The van der Waals surface area contributed by atoms with Gasteiger partial charge in [0.15, 0.2) is 0 Å². The summed E-state index contributed by atoms with van der Waals surface area (Å²) in [7, 11) is 0. The highest BCUT2D eigenvalue weighted by atomic mass is 16.6. The summed E-state index contributed by atoms with van der Waals surface area (Å²) in [5.74, 6) is 0.755. The van der Waals surface area contributed by atoms with Gasteiger partial charge in [0, 0.05) is 31.7 Å². The second kappa shape index (κ2) is 8.94. The number of nitrogens with one attached hydrogen (secondary N) is 3. The first-order valence-electron chi connectivity index (χ1n) is 9.58. The minimum Gasteiger partial charge on any atom is -0.361 e. The number of rotatable bonds is 9. The maximum absolute atomic E-state index is 11.8. The molecule has 2 fully saturated rings. The normalized spacial score (nSPS) is 18.1. The Bertz CT molecular complexity index is 672. The van der Waals surface area contributed by atoms with Crippen molar-refractivity contribution in [3.8, 4) is 0 Å². The van der Waals surface area contributed by atoms with Crippen LogP contribution in [0.4, 0.5) is 17.5 Å². The summed E-state index contributed by atoms with van der Waals surface area (Å²) in [6, 6.07) is 0.462. The number of likely N-dealkylation sites (tertiary alicyclic amines) is 1. The first-order chi connectivity index (χ1) is 13.0. The highest BCUT2D eigenvalue weighted by Crippen LogP contribution is 2.29. The Balaban J connectivity index is 1.51. The van der Waals surface area contributed by atoms with Gasteiger partial charge < -0.3 is 16.0 Å². The van der Waals surface area contributed by atoms with Crippen molar-refractivity contribution < 1.29 is 9.72 Å². The summed E-state index contributed by atoms with van der Waals surface area (Å²) in [6.45, 7) is 4.81. The molecule has 1 amide bonds. The lowest BCUT2D eigenvalue weighted by molar-refractivity contribution is -0.384. The predicted molar refractivity (Wildman–Crippen MR) is 102 cm³/mol. The van der Waals surface area contributed by atoms with E-state index in [4.69, 9.17) is 0 Å². The van der Waals surface area contributed by atoms with E-state index in [1.165, 1.54) is 6.20 Å². The Morgan fingerprint density at radius 3 is 2.59 bits per heavy atom. The maximum atomic E-state index is 11.8. The zero-order valence-electron chi connectivity index (χ0n) is 15.6. The number of aromatic nitrogens is 2. The molecule has 1 aliphatic heterocycles. The van der Waals surface area contributed by atoms with Gasteiger partial charge in [0.2, 0.25) is 17.7 Å². The lowest BCUT2D eigenvalue weighted by Crippen LogP contribution is -2.44. The number of hydrogen-bond donors (Lipinski definition) is 3. The molecule has 10 nitrogen and oxygen atoms in total. The molecule has 1 saturated carbocycles. The highest BCUT2D eigenvalue weighted by Gasteiger charge is 2.27. The van der Waals surface area contributed by atoms with Crippen LogP contribution in [0.3, 0.4) is 0 Å². The molecule has 0 atom stereocenters. The van der Waals surface area contributed by atoms with Crippen LogP contribution in [0.25, 0.3) is 0 Å². The zero-order valence-corrected chi connectivity index (χ0v) is 15.6. The Labute approximate surface area is 158 Å². The van der Waals surface area contributed by atoms with E-state index >= 15 is 0 Å². The van der Waals surface area contributed by atoms with Crippen molar-refractivity contribution in [2.24, 2.45) is 0 Å². The predicted octanol–water partition coefficient (Wildman–Crippen LogP) is 1.36. The van der Waals surface area contributed by atoms with E-state index in [0.717, 1.165) is 45.2 Å². The molecule has 3 N–H and O–H groups in total. The smallest absolute Gasteiger partial charge is 0.329 e. The molecule has 0 radical (unpaired) electrons. The molecule has 0 unspecified atom stereocenters. The summed E-state index contributed by atoms with van der Waals surface area (Å²) in [6.07, 6.45) is 5.94. The Hall–Kier alpha value is -2.49. The van der Waals surface area contributed by atoms with Gasteiger partial charge in [-0.05, 0) is 32.1 Å². The quantitative estimate of drug-likeness (QED) is 0.435. The minimum absolute atomic E-state index is 0.0674. The van der Waals surface area contributed by atoms with Crippen molar-refractivity contribution in [1.29, 1.82) is 0 Å². The van der Waals surface area contributed by atoms with Crippen molar-refractivity contribution in [1.82, 2.24) is 20.2 Å². The Morgan fingerprint density at radius 2 is 1.96 bits per heavy atom. The van der Waals surface area contributed by atoms with E-state index in [2.05, 4.69) is 30.8 Å². The molecule has 0 spiro atoms. The van der Waals surface area contributed by atoms with Gasteiger partial charge in [-0.1, -0.05) is 6.92 Å². The molecule has 10 heteroatoms. The van der Waals surface area contributed by atoms with Gasteiger partial charge in [0.1, 0.15) is 6.20 Å². The number of piperidine rings is 1. The molecule has 2 aliphatic rings. The molecule has 3 rings (SSSR count). The fraction of sp³-hybridized carbons (Fsp3) is 0.706. The summed E-state index contributed by atoms with van der Waals surface area (Å²) in [5.41, 5.74) is -0.0969. The minimum atomic E-state index is -0.462. The molecule has 1 saturated heterocycles. The van der Waals surface area contributed by atoms with Crippen LogP contribution in [0, 0.1) is 10.1 Å². The molecule has 1 aromatic rings. The van der Waals surface area contributed by atoms with Crippen molar-refractivity contribution in [2.75, 3.05) is 36.8 Å². The van der Waals surface area contributed by atoms with Gasteiger partial charge in [0.05, 0.1) is 11.5 Å². The fourth-order valence-corrected chi connectivity index (χ4v) is 3.05. The second-order valence-corrected chi connectivity index (χ2v) is 7.15. The lowest BCUT2D eigenvalue weighted by atomic mass is 10.1. The second-order valence-electron chi connectivity index (χ2n) is 7.15. The van der Waals surface area contributed by atoms with Gasteiger partial charge in [0.25, 0.3) is 0 Å². The third-order valence-electron chi connectivity index (χ3n) is 4.74. The number of nitrogens with zero attached hydrogens (tertiary/aromatic N) is 4. The monoisotopic (exact) mass is 377 g/mol. The molecule has 0 bridgehead atoms. The number of carbonyl (C=O) groups excluding carboxylic acids is 1. The van der Waals surface area contributed by atoms with E-state index in [0.29, 0.717) is 19.0 Å². The fourth-order valence-electron chi connectivity index (χ4n) is 3.05. The molecule has 1 aromatic heterocycles. The van der Waals surface area contributed by atoms with Crippen molar-refractivity contribution in [3.63, 3.8) is 0 Å². The van der Waals surface area contributed by atoms with Gasteiger partial charge in [-0.25, -0.2) is 4.98 Å². The van der Waals surface area contributed by atoms with Crippen LogP contribution in [-0.2, 0) is 4.79 Å². The van der Waals surface area contributed by atoms with Gasteiger partial charge in [-0.15, -0.1) is 0 Å². The molecule has 27 heavy (non-hydrogen) atoms. The molecular formula is C17H27N7O3. The summed E-state index contributed by atoms with van der Waals surface area (Å²) in [5, 5.41) is 20.4. The van der Waals surface area contributed by atoms with E-state index < -0.39 is 4.92 Å². The first kappa shape index (κ1) is 19.3. The zero-order chi connectivity index (χ0) is 19.2. The number of amides is 1. The van der Waals surface area contributed by atoms with Crippen LogP contribution in [0.15, 0.2) is 6.20 Å². The van der Waals surface area contributed by atoms with Gasteiger partial charge >= 0.3 is 5.69 Å². The van der Waals surface area contributed by atoms with Crippen molar-refractivity contribution in [3.05, 3.63) is 16.3 Å². The van der Waals surface area contributed by atoms with E-state index in [1.54, 1.807) is 0 Å². The summed E-state index contributed by atoms with van der Waals surface area (Å²) < 4.78 is 0. The van der Waals surface area contributed by atoms with Crippen LogP contribution in [0.1, 0.15) is 39.0 Å². The number of hydrogen-bond acceptors (Lipinski definition) is 8. The topological polar surface area (TPSA) is 125 Å². The van der Waals surface area contributed by atoms with Crippen LogP contribution in [-0.4, -0.2) is 64.0 Å². The summed E-state index contributed by atoms with van der Waals surface area (Å²) in [4.78, 5) is 33.0. The number of nitro groups is 1. The van der Waals surface area contributed by atoms with Gasteiger partial charge in [-0.2, -0.15) is 4.98 Å². The molecule has 148 valence electrons. The molecule has 1 aliphatic carbocycles. The van der Waals surface area contributed by atoms with Gasteiger partial charge in [-0.3, -0.25) is 19.8 Å². The number of anilines is 2. The average molecular weight is 377 g/mol. The summed E-state index contributed by atoms with van der Waals surface area (Å²) >= 11 is 0. The Morgan fingerprint density at radius 1 is 1.26 bits per heavy atom. The van der Waals surface area contributed by atoms with Crippen LogP contribution < -0.4 is 16.0 Å².